The summed E-state index contributed by atoms with van der Waals surface area (Å²) in [5.41, 5.74) is 2.28. The minimum Gasteiger partial charge on any atom is -0.321 e. The Morgan fingerprint density at radius 3 is 2.64 bits per heavy atom. The molecule has 2 heterocycles. The van der Waals surface area contributed by atoms with Crippen LogP contribution in [0.1, 0.15) is 38.7 Å². The first kappa shape index (κ1) is 18.3. The number of carbonyl (C=O) groups is 2. The average molecular weight is 398 g/mol. The molecule has 0 fully saturated rings. The summed E-state index contributed by atoms with van der Waals surface area (Å²) in [6.07, 6.45) is 0.0346. The molecule has 2 aromatic carbocycles. The van der Waals surface area contributed by atoms with E-state index in [1.165, 1.54) is 12.1 Å². The monoisotopic (exact) mass is 398 g/mol. The summed E-state index contributed by atoms with van der Waals surface area (Å²) in [7, 11) is 0. The van der Waals surface area contributed by atoms with E-state index in [0.29, 0.717) is 26.7 Å². The van der Waals surface area contributed by atoms with Gasteiger partial charge in [-0.25, -0.2) is 8.78 Å². The van der Waals surface area contributed by atoms with Crippen LogP contribution in [0.15, 0.2) is 48.5 Å². The molecule has 7 heteroatoms. The number of halogens is 2. The van der Waals surface area contributed by atoms with Gasteiger partial charge in [0.2, 0.25) is 5.91 Å². The topological polar surface area (TPSA) is 58.2 Å². The van der Waals surface area contributed by atoms with Gasteiger partial charge >= 0.3 is 0 Å². The Labute approximate surface area is 164 Å². The van der Waals surface area contributed by atoms with Crippen LogP contribution in [0.3, 0.4) is 0 Å². The molecule has 4 rings (SSSR count). The minimum absolute atomic E-state index is 0.0346. The molecule has 1 atom stereocenters. The lowest BCUT2D eigenvalue weighted by Crippen LogP contribution is -2.23. The maximum Gasteiger partial charge on any atom is 0.266 e. The lowest BCUT2D eigenvalue weighted by atomic mass is 9.84. The molecule has 28 heavy (non-hydrogen) atoms. The summed E-state index contributed by atoms with van der Waals surface area (Å²) >= 11 is 1.16. The average Bonchev–Trinajstić information content (AvgIpc) is 2.98. The second-order valence-electron chi connectivity index (χ2n) is 6.59. The van der Waals surface area contributed by atoms with Crippen molar-refractivity contribution in [1.82, 2.24) is 0 Å². The van der Waals surface area contributed by atoms with Gasteiger partial charge in [-0.15, -0.1) is 11.3 Å². The lowest BCUT2D eigenvalue weighted by Gasteiger charge is -2.24. The Balaban J connectivity index is 1.74. The number of rotatable bonds is 3. The smallest absolute Gasteiger partial charge is 0.266 e. The number of thiophene rings is 1. The molecule has 0 saturated heterocycles. The standard InChI is InChI=1S/C21H16F2N2O2S/c1-11-18-15(14-8-7-12(22)9-16(14)23)10-17(26)25-21(18)28-19(11)20(27)24-13-5-3-2-4-6-13/h2-9,15H,10H2,1H3,(H,24,27)(H,25,26)/t15-/m0/s1. The maximum atomic E-state index is 14.4. The molecule has 0 aliphatic carbocycles. The van der Waals surface area contributed by atoms with E-state index in [-0.39, 0.29) is 23.8 Å². The molecular formula is C21H16F2N2O2S. The van der Waals surface area contributed by atoms with Crippen LogP contribution in [0.2, 0.25) is 0 Å². The number of carbonyl (C=O) groups excluding carboxylic acids is 2. The van der Waals surface area contributed by atoms with Crippen LogP contribution in [0.25, 0.3) is 0 Å². The van der Waals surface area contributed by atoms with Gasteiger partial charge in [0.25, 0.3) is 5.91 Å². The molecule has 0 bridgehead atoms. The first-order chi connectivity index (χ1) is 13.4. The number of anilines is 2. The largest absolute Gasteiger partial charge is 0.321 e. The Bertz CT molecular complexity index is 1080. The van der Waals surface area contributed by atoms with Crippen molar-refractivity contribution >= 4 is 33.8 Å². The van der Waals surface area contributed by atoms with Crippen molar-refractivity contribution in [3.8, 4) is 0 Å². The van der Waals surface area contributed by atoms with Gasteiger partial charge in [-0.2, -0.15) is 0 Å². The number of fused-ring (bicyclic) bond motifs is 1. The second kappa shape index (κ2) is 7.16. The van der Waals surface area contributed by atoms with Crippen molar-refractivity contribution in [3.05, 3.63) is 81.7 Å². The van der Waals surface area contributed by atoms with E-state index in [4.69, 9.17) is 0 Å². The van der Waals surface area contributed by atoms with Gasteiger partial charge in [-0.1, -0.05) is 24.3 Å². The fourth-order valence-corrected chi connectivity index (χ4v) is 4.66. The normalized spacial score (nSPS) is 15.7. The zero-order chi connectivity index (χ0) is 19.8. The van der Waals surface area contributed by atoms with Gasteiger partial charge in [-0.05, 0) is 41.8 Å². The SMILES string of the molecule is Cc1c(C(=O)Nc2ccccc2)sc2c1[C@H](c1ccc(F)cc1F)CC(=O)N2. The molecule has 2 amide bonds. The summed E-state index contributed by atoms with van der Waals surface area (Å²) in [6, 6.07) is 12.4. The molecule has 0 unspecified atom stereocenters. The van der Waals surface area contributed by atoms with Crippen LogP contribution < -0.4 is 10.6 Å². The third-order valence-corrected chi connectivity index (χ3v) is 5.98. The Morgan fingerprint density at radius 1 is 1.18 bits per heavy atom. The number of hydrogen-bond donors (Lipinski definition) is 2. The van der Waals surface area contributed by atoms with Crippen molar-refractivity contribution in [2.24, 2.45) is 0 Å². The van der Waals surface area contributed by atoms with Crippen molar-refractivity contribution < 1.29 is 18.4 Å². The predicted molar refractivity (Wildman–Crippen MR) is 105 cm³/mol. The maximum absolute atomic E-state index is 14.4. The van der Waals surface area contributed by atoms with Gasteiger partial charge in [0, 0.05) is 24.1 Å². The zero-order valence-electron chi connectivity index (χ0n) is 14.9. The lowest BCUT2D eigenvalue weighted by molar-refractivity contribution is -0.116. The zero-order valence-corrected chi connectivity index (χ0v) is 15.7. The summed E-state index contributed by atoms with van der Waals surface area (Å²) in [4.78, 5) is 25.4. The highest BCUT2D eigenvalue weighted by atomic mass is 32.1. The van der Waals surface area contributed by atoms with E-state index < -0.39 is 17.6 Å². The van der Waals surface area contributed by atoms with E-state index >= 15 is 0 Å². The number of benzene rings is 2. The molecule has 1 aromatic heterocycles. The molecule has 0 saturated carbocycles. The highest BCUT2D eigenvalue weighted by molar-refractivity contribution is 7.18. The fourth-order valence-electron chi connectivity index (χ4n) is 3.48. The van der Waals surface area contributed by atoms with Crippen LogP contribution >= 0.6 is 11.3 Å². The summed E-state index contributed by atoms with van der Waals surface area (Å²) < 4.78 is 27.7. The van der Waals surface area contributed by atoms with E-state index in [0.717, 1.165) is 17.4 Å². The van der Waals surface area contributed by atoms with Gasteiger partial charge in [0.15, 0.2) is 0 Å². The van der Waals surface area contributed by atoms with Gasteiger partial charge < -0.3 is 10.6 Å². The molecule has 2 N–H and O–H groups in total. The summed E-state index contributed by atoms with van der Waals surface area (Å²) in [5, 5.41) is 6.13. The van der Waals surface area contributed by atoms with Gasteiger partial charge in [0.1, 0.15) is 11.6 Å². The van der Waals surface area contributed by atoms with Crippen LogP contribution in [0, 0.1) is 18.6 Å². The minimum atomic E-state index is -0.702. The third kappa shape index (κ3) is 3.29. The molecule has 1 aliphatic heterocycles. The van der Waals surface area contributed by atoms with Crippen molar-refractivity contribution in [2.75, 3.05) is 10.6 Å². The predicted octanol–water partition coefficient (Wildman–Crippen LogP) is 5.06. The first-order valence-corrected chi connectivity index (χ1v) is 9.50. The highest BCUT2D eigenvalue weighted by Gasteiger charge is 2.34. The number of amides is 2. The van der Waals surface area contributed by atoms with E-state index in [2.05, 4.69) is 10.6 Å². The van der Waals surface area contributed by atoms with Gasteiger partial charge in [0.05, 0.1) is 9.88 Å². The van der Waals surface area contributed by atoms with E-state index in [1.54, 1.807) is 19.1 Å². The molecule has 142 valence electrons. The molecule has 3 aromatic rings. The molecule has 0 spiro atoms. The number of nitrogens with one attached hydrogen (secondary N) is 2. The molecule has 0 radical (unpaired) electrons. The third-order valence-electron chi connectivity index (χ3n) is 4.76. The van der Waals surface area contributed by atoms with Crippen molar-refractivity contribution in [1.29, 1.82) is 0 Å². The number of hydrogen-bond acceptors (Lipinski definition) is 3. The molecule has 4 nitrogen and oxygen atoms in total. The molecule has 1 aliphatic rings. The fraction of sp³-hybridized carbons (Fsp3) is 0.143. The Hall–Kier alpha value is -3.06. The molecular weight excluding hydrogens is 382 g/mol. The summed E-state index contributed by atoms with van der Waals surface area (Å²) in [6.45, 7) is 1.78. The quantitative estimate of drug-likeness (QED) is 0.648. The van der Waals surface area contributed by atoms with E-state index in [1.807, 2.05) is 18.2 Å². The van der Waals surface area contributed by atoms with Crippen LogP contribution in [0.4, 0.5) is 19.5 Å². The van der Waals surface area contributed by atoms with Crippen LogP contribution in [0.5, 0.6) is 0 Å². The van der Waals surface area contributed by atoms with E-state index in [9.17, 15) is 18.4 Å². The van der Waals surface area contributed by atoms with Crippen LogP contribution in [-0.4, -0.2) is 11.8 Å². The Morgan fingerprint density at radius 2 is 1.93 bits per heavy atom. The van der Waals surface area contributed by atoms with Gasteiger partial charge in [-0.3, -0.25) is 9.59 Å². The Kier molecular flexibility index (Phi) is 4.68. The second-order valence-corrected chi connectivity index (χ2v) is 7.61. The summed E-state index contributed by atoms with van der Waals surface area (Å²) in [5.74, 6) is -2.51. The van der Waals surface area contributed by atoms with Crippen molar-refractivity contribution in [2.45, 2.75) is 19.3 Å². The van der Waals surface area contributed by atoms with Crippen LogP contribution in [-0.2, 0) is 4.79 Å². The highest BCUT2D eigenvalue weighted by Crippen LogP contribution is 2.45. The number of para-hydroxylation sites is 1. The first-order valence-electron chi connectivity index (χ1n) is 8.68. The van der Waals surface area contributed by atoms with Crippen molar-refractivity contribution in [3.63, 3.8) is 0 Å².